The first kappa shape index (κ1) is 14.1. The topological polar surface area (TPSA) is 127 Å². The minimum absolute atomic E-state index is 0.598. The van der Waals surface area contributed by atoms with E-state index in [2.05, 4.69) is 0 Å². The van der Waals surface area contributed by atoms with Gasteiger partial charge in [0.25, 0.3) is 11.2 Å². The average molecular weight is 258 g/mol. The Hall–Kier alpha value is -1.96. The molecule has 1 rings (SSSR count). The van der Waals surface area contributed by atoms with Crippen molar-refractivity contribution in [1.82, 2.24) is 0 Å². The fraction of sp³-hybridized carbons (Fsp3) is 0.600. The molecule has 1 aliphatic carbocycles. The molecule has 0 saturated carbocycles. The highest BCUT2D eigenvalue weighted by molar-refractivity contribution is 5.32. The summed E-state index contributed by atoms with van der Waals surface area (Å²) >= 11 is 0. The molecule has 0 aromatic heterocycles. The average Bonchev–Trinajstić information content (AvgIpc) is 2.18. The number of aliphatic hydroxyl groups is 2. The Morgan fingerprint density at radius 1 is 1.33 bits per heavy atom. The molecule has 0 aromatic carbocycles. The largest absolute Gasteiger partial charge is 0.508 e. The van der Waals surface area contributed by atoms with Gasteiger partial charge < -0.3 is 10.2 Å². The van der Waals surface area contributed by atoms with E-state index in [-0.39, 0.29) is 0 Å². The molecular weight excluding hydrogens is 244 g/mol. The number of nitro groups is 2. The van der Waals surface area contributed by atoms with Gasteiger partial charge in [0, 0.05) is 16.4 Å². The molecule has 100 valence electrons. The van der Waals surface area contributed by atoms with Crippen molar-refractivity contribution in [3.05, 3.63) is 43.8 Å². The first-order chi connectivity index (χ1) is 8.04. The van der Waals surface area contributed by atoms with E-state index in [4.69, 9.17) is 0 Å². The monoisotopic (exact) mass is 258 g/mol. The van der Waals surface area contributed by atoms with Gasteiger partial charge in [-0.3, -0.25) is 20.2 Å². The highest BCUT2D eigenvalue weighted by Crippen LogP contribution is 2.42. The van der Waals surface area contributed by atoms with E-state index in [1.165, 1.54) is 20.8 Å². The number of hydrogen-bond donors (Lipinski definition) is 2. The summed E-state index contributed by atoms with van der Waals surface area (Å²) in [7, 11) is 0. The molecule has 0 amide bonds. The molecule has 0 spiro atoms. The number of hydrogen-bond acceptors (Lipinski definition) is 6. The molecule has 0 aliphatic heterocycles. The molecule has 0 saturated heterocycles. The lowest BCUT2D eigenvalue weighted by Crippen LogP contribution is -2.59. The Bertz CT molecular complexity index is 461. The minimum atomic E-state index is -2.14. The van der Waals surface area contributed by atoms with Gasteiger partial charge in [-0.05, 0) is 0 Å². The van der Waals surface area contributed by atoms with Gasteiger partial charge in [0.15, 0.2) is 0 Å². The summed E-state index contributed by atoms with van der Waals surface area (Å²) < 4.78 is 0. The Balaban J connectivity index is 3.53. The van der Waals surface area contributed by atoms with Crippen LogP contribution in [0.15, 0.2) is 23.6 Å². The summed E-state index contributed by atoms with van der Waals surface area (Å²) in [6, 6.07) is 0. The number of rotatable bonds is 2. The van der Waals surface area contributed by atoms with E-state index in [1.807, 2.05) is 0 Å². The van der Waals surface area contributed by atoms with Crippen molar-refractivity contribution in [2.24, 2.45) is 5.41 Å². The van der Waals surface area contributed by atoms with E-state index in [9.17, 15) is 30.4 Å². The van der Waals surface area contributed by atoms with Gasteiger partial charge in [0.1, 0.15) is 5.76 Å². The van der Waals surface area contributed by atoms with Crippen molar-refractivity contribution in [1.29, 1.82) is 0 Å². The van der Waals surface area contributed by atoms with Crippen LogP contribution in [0.25, 0.3) is 0 Å². The second-order valence-corrected chi connectivity index (χ2v) is 5.13. The molecule has 8 nitrogen and oxygen atoms in total. The van der Waals surface area contributed by atoms with Crippen LogP contribution in [0.1, 0.15) is 20.8 Å². The van der Waals surface area contributed by atoms with Gasteiger partial charge in [0.05, 0.1) is 11.0 Å². The lowest BCUT2D eigenvalue weighted by atomic mass is 9.68. The minimum Gasteiger partial charge on any atom is -0.508 e. The van der Waals surface area contributed by atoms with Gasteiger partial charge >= 0.3 is 0 Å². The van der Waals surface area contributed by atoms with E-state index < -0.39 is 38.4 Å². The van der Waals surface area contributed by atoms with E-state index >= 15 is 0 Å². The van der Waals surface area contributed by atoms with Gasteiger partial charge in [-0.1, -0.05) is 20.8 Å². The van der Waals surface area contributed by atoms with Crippen LogP contribution in [0.2, 0.25) is 0 Å². The fourth-order valence-corrected chi connectivity index (χ4v) is 2.01. The molecule has 2 N–H and O–H groups in total. The Morgan fingerprint density at radius 2 is 1.83 bits per heavy atom. The number of aliphatic hydroxyl groups excluding tert-OH is 2. The molecular formula is C10H14N2O6. The highest BCUT2D eigenvalue weighted by Gasteiger charge is 2.63. The number of nitrogens with zero attached hydrogens (tertiary/aromatic N) is 2. The Morgan fingerprint density at radius 3 is 2.17 bits per heavy atom. The van der Waals surface area contributed by atoms with Crippen LogP contribution in [0.3, 0.4) is 0 Å². The van der Waals surface area contributed by atoms with Crippen LogP contribution < -0.4 is 0 Å². The molecule has 0 bridgehead atoms. The van der Waals surface area contributed by atoms with E-state index in [1.54, 1.807) is 0 Å². The molecule has 8 heteroatoms. The third-order valence-electron chi connectivity index (χ3n) is 3.08. The summed E-state index contributed by atoms with van der Waals surface area (Å²) in [4.78, 5) is 20.3. The smallest absolute Gasteiger partial charge is 0.286 e. The second-order valence-electron chi connectivity index (χ2n) is 5.13. The third-order valence-corrected chi connectivity index (χ3v) is 3.08. The lowest BCUT2D eigenvalue weighted by molar-refractivity contribution is -0.593. The van der Waals surface area contributed by atoms with Crippen molar-refractivity contribution in [3.63, 3.8) is 0 Å². The van der Waals surface area contributed by atoms with Crippen LogP contribution in [-0.4, -0.2) is 31.7 Å². The quantitative estimate of drug-likeness (QED) is 0.562. The normalized spacial score (nSPS) is 28.3. The van der Waals surface area contributed by atoms with Crippen LogP contribution in [0, 0.1) is 25.6 Å². The maximum atomic E-state index is 11.3. The first-order valence-electron chi connectivity index (χ1n) is 5.14. The third kappa shape index (κ3) is 1.84. The Labute approximate surface area is 103 Å². The molecule has 0 heterocycles. The number of allylic oxidation sites excluding steroid dienone is 1. The predicted molar refractivity (Wildman–Crippen MR) is 61.0 cm³/mol. The second kappa shape index (κ2) is 4.05. The van der Waals surface area contributed by atoms with Crippen LogP contribution >= 0.6 is 0 Å². The van der Waals surface area contributed by atoms with Crippen LogP contribution in [0.5, 0.6) is 0 Å². The van der Waals surface area contributed by atoms with Crippen molar-refractivity contribution in [2.75, 3.05) is 0 Å². The van der Waals surface area contributed by atoms with Crippen molar-refractivity contribution < 1.29 is 20.1 Å². The Kier molecular flexibility index (Phi) is 3.18. The zero-order chi connectivity index (χ0) is 14.3. The summed E-state index contributed by atoms with van der Waals surface area (Å²) in [6.45, 7) is 4.39. The van der Waals surface area contributed by atoms with Gasteiger partial charge in [-0.15, -0.1) is 0 Å². The fourth-order valence-electron chi connectivity index (χ4n) is 2.01. The summed E-state index contributed by atoms with van der Waals surface area (Å²) in [6.07, 6.45) is -0.360. The molecule has 18 heavy (non-hydrogen) atoms. The maximum Gasteiger partial charge on any atom is 0.286 e. The standard InChI is InChI=1S/C10H14N2O6/c1-9(2,3)10(12(17)18)5-6(13)4-7(8(10)14)11(15)16/h4-5,8,13-14H,1-3H3. The molecule has 0 fully saturated rings. The highest BCUT2D eigenvalue weighted by atomic mass is 16.6. The molecule has 2 unspecified atom stereocenters. The maximum absolute atomic E-state index is 11.3. The van der Waals surface area contributed by atoms with Crippen molar-refractivity contribution in [3.8, 4) is 0 Å². The lowest BCUT2D eigenvalue weighted by Gasteiger charge is -2.37. The predicted octanol–water partition coefficient (Wildman–Crippen LogP) is 1.02. The van der Waals surface area contributed by atoms with Crippen LogP contribution in [0.4, 0.5) is 0 Å². The summed E-state index contributed by atoms with van der Waals surface area (Å²) in [5.41, 5.74) is -4.06. The van der Waals surface area contributed by atoms with Crippen molar-refractivity contribution >= 4 is 0 Å². The van der Waals surface area contributed by atoms with Gasteiger partial charge in [0.2, 0.25) is 6.10 Å². The van der Waals surface area contributed by atoms with Gasteiger partial charge in [-0.25, -0.2) is 0 Å². The van der Waals surface area contributed by atoms with E-state index in [0.717, 1.165) is 12.2 Å². The zero-order valence-electron chi connectivity index (χ0n) is 10.2. The molecule has 2 atom stereocenters. The van der Waals surface area contributed by atoms with Crippen LogP contribution in [-0.2, 0) is 0 Å². The SMILES string of the molecule is CC(C)(C)C1([N+](=O)[O-])C=C(O)C=C([N+](=O)[O-])C1O. The summed E-state index contributed by atoms with van der Waals surface area (Å²) in [5, 5.41) is 41.5. The van der Waals surface area contributed by atoms with E-state index in [0.29, 0.717) is 0 Å². The summed E-state index contributed by atoms with van der Waals surface area (Å²) in [5.74, 6) is -0.598. The van der Waals surface area contributed by atoms with Crippen molar-refractivity contribution in [2.45, 2.75) is 32.4 Å². The molecule has 0 radical (unpaired) electrons. The molecule has 1 aliphatic rings. The molecule has 0 aromatic rings. The first-order valence-corrected chi connectivity index (χ1v) is 5.14. The zero-order valence-corrected chi connectivity index (χ0v) is 10.2. The van der Waals surface area contributed by atoms with Gasteiger partial charge in [-0.2, -0.15) is 0 Å².